The van der Waals surface area contributed by atoms with Gasteiger partial charge in [-0.15, -0.1) is 0 Å². The number of hydrogen-bond donors (Lipinski definition) is 3. The Hall–Kier alpha value is -4.61. The number of aliphatic hydroxyl groups is 1. The van der Waals surface area contributed by atoms with Crippen molar-refractivity contribution in [2.24, 2.45) is 5.92 Å². The zero-order valence-electron chi connectivity index (χ0n) is 29.2. The van der Waals surface area contributed by atoms with Crippen LogP contribution in [0, 0.1) is 5.92 Å². The summed E-state index contributed by atoms with van der Waals surface area (Å²) < 4.78 is 17.9. The van der Waals surface area contributed by atoms with Crippen LogP contribution in [0.4, 0.5) is 16.2 Å². The van der Waals surface area contributed by atoms with Gasteiger partial charge in [-0.25, -0.2) is 4.79 Å². The summed E-state index contributed by atoms with van der Waals surface area (Å²) in [5.74, 6) is 0.515. The Morgan fingerprint density at radius 3 is 2.41 bits per heavy atom. The number of nitrogens with one attached hydrogen (secondary N) is 2. The van der Waals surface area contributed by atoms with Crippen molar-refractivity contribution in [1.29, 1.82) is 0 Å². The molecule has 4 atom stereocenters. The summed E-state index contributed by atoms with van der Waals surface area (Å²) in [5.41, 5.74) is 2.19. The van der Waals surface area contributed by atoms with Crippen molar-refractivity contribution < 1.29 is 33.7 Å². The maximum Gasteiger partial charge on any atom is 0.323 e. The van der Waals surface area contributed by atoms with E-state index < -0.39 is 12.1 Å². The molecular weight excluding hydrogens is 624 g/mol. The summed E-state index contributed by atoms with van der Waals surface area (Å²) in [6, 6.07) is 20.6. The van der Waals surface area contributed by atoms with Gasteiger partial charge in [0.05, 0.1) is 44.0 Å². The molecule has 49 heavy (non-hydrogen) atoms. The fourth-order valence-electron chi connectivity index (χ4n) is 5.71. The molecule has 264 valence electrons. The summed E-state index contributed by atoms with van der Waals surface area (Å²) in [5, 5.41) is 15.8. The molecule has 3 aromatic rings. The number of nitrogens with zero attached hydrogens (tertiary/aromatic N) is 2. The van der Waals surface area contributed by atoms with E-state index in [1.54, 1.807) is 73.3 Å². The highest BCUT2D eigenvalue weighted by atomic mass is 16.5. The molecule has 0 bridgehead atoms. The van der Waals surface area contributed by atoms with Crippen LogP contribution in [0.1, 0.15) is 56.0 Å². The predicted molar refractivity (Wildman–Crippen MR) is 190 cm³/mol. The second-order valence-corrected chi connectivity index (χ2v) is 12.8. The first kappa shape index (κ1) is 37.2. The molecular formula is C38H50N4O7. The van der Waals surface area contributed by atoms with Gasteiger partial charge in [-0.1, -0.05) is 37.3 Å². The molecule has 0 saturated heterocycles. The Labute approximate surface area is 289 Å². The summed E-state index contributed by atoms with van der Waals surface area (Å²) in [7, 11) is 3.35. The molecule has 1 heterocycles. The third kappa shape index (κ3) is 11.0. The van der Waals surface area contributed by atoms with Gasteiger partial charge in [-0.05, 0) is 81.1 Å². The lowest BCUT2D eigenvalue weighted by atomic mass is 10.0. The summed E-state index contributed by atoms with van der Waals surface area (Å²) >= 11 is 0. The average molecular weight is 675 g/mol. The molecule has 11 heteroatoms. The molecule has 0 aliphatic carbocycles. The van der Waals surface area contributed by atoms with Crippen LogP contribution >= 0.6 is 0 Å². The quantitative estimate of drug-likeness (QED) is 0.260. The molecule has 1 aliphatic rings. The number of hydrogen-bond acceptors (Lipinski definition) is 7. The van der Waals surface area contributed by atoms with Crippen molar-refractivity contribution in [1.82, 2.24) is 9.80 Å². The third-order valence-electron chi connectivity index (χ3n) is 8.74. The van der Waals surface area contributed by atoms with Crippen LogP contribution in [0.25, 0.3) is 0 Å². The molecule has 0 spiro atoms. The predicted octanol–water partition coefficient (Wildman–Crippen LogP) is 5.84. The summed E-state index contributed by atoms with van der Waals surface area (Å²) in [6.07, 6.45) is 2.16. The molecule has 4 amide bonds. The lowest BCUT2D eigenvalue weighted by Gasteiger charge is -2.36. The van der Waals surface area contributed by atoms with Crippen LogP contribution < -0.4 is 20.1 Å². The lowest BCUT2D eigenvalue weighted by molar-refractivity contribution is -0.131. The van der Waals surface area contributed by atoms with Gasteiger partial charge in [-0.3, -0.25) is 9.59 Å². The van der Waals surface area contributed by atoms with Crippen molar-refractivity contribution in [2.75, 3.05) is 51.1 Å². The minimum absolute atomic E-state index is 0.0194. The average Bonchev–Trinajstić information content (AvgIpc) is 3.10. The maximum atomic E-state index is 14.4. The fourth-order valence-corrected chi connectivity index (χ4v) is 5.71. The zero-order chi connectivity index (χ0) is 35.3. The zero-order valence-corrected chi connectivity index (χ0v) is 29.2. The molecule has 0 radical (unpaired) electrons. The van der Waals surface area contributed by atoms with Crippen LogP contribution in [0.5, 0.6) is 11.5 Å². The molecule has 1 aliphatic heterocycles. The number of anilines is 2. The van der Waals surface area contributed by atoms with Crippen molar-refractivity contribution in [3.63, 3.8) is 0 Å². The van der Waals surface area contributed by atoms with Gasteiger partial charge in [0.1, 0.15) is 11.5 Å². The van der Waals surface area contributed by atoms with Gasteiger partial charge < -0.3 is 39.8 Å². The van der Waals surface area contributed by atoms with Gasteiger partial charge in [0.2, 0.25) is 5.91 Å². The number of carbonyl (C=O) groups is 3. The highest BCUT2D eigenvalue weighted by Gasteiger charge is 2.31. The van der Waals surface area contributed by atoms with E-state index in [2.05, 4.69) is 10.6 Å². The molecule has 0 saturated carbocycles. The third-order valence-corrected chi connectivity index (χ3v) is 8.74. The van der Waals surface area contributed by atoms with Crippen LogP contribution in [0.15, 0.2) is 72.8 Å². The Bertz CT molecular complexity index is 1520. The Morgan fingerprint density at radius 2 is 1.71 bits per heavy atom. The minimum Gasteiger partial charge on any atom is -0.497 e. The number of aliphatic hydroxyl groups excluding tert-OH is 1. The molecule has 3 N–H and O–H groups in total. The van der Waals surface area contributed by atoms with E-state index in [1.807, 2.05) is 44.2 Å². The number of amides is 4. The van der Waals surface area contributed by atoms with Crippen molar-refractivity contribution >= 4 is 29.2 Å². The van der Waals surface area contributed by atoms with Gasteiger partial charge >= 0.3 is 6.03 Å². The SMILES string of the molecule is COc1ccc(NC(=O)Nc2ccc3c(c2)C(=O)N([C@H](C)CO)C[C@H](C)[C@H](CN(C)C(=O)Cc2ccccc2)OCCCC[C@@H](C)O3)cc1. The molecule has 0 unspecified atom stereocenters. The van der Waals surface area contributed by atoms with Crippen molar-refractivity contribution in [3.05, 3.63) is 83.9 Å². The van der Waals surface area contributed by atoms with Crippen molar-refractivity contribution in [3.8, 4) is 11.5 Å². The monoisotopic (exact) mass is 674 g/mol. The number of methoxy groups -OCH3 is 1. The Morgan fingerprint density at radius 1 is 1.02 bits per heavy atom. The maximum absolute atomic E-state index is 14.4. The van der Waals surface area contributed by atoms with Gasteiger partial charge in [0, 0.05) is 44.0 Å². The van der Waals surface area contributed by atoms with Gasteiger partial charge in [0.25, 0.3) is 5.91 Å². The number of rotatable bonds is 9. The first-order valence-corrected chi connectivity index (χ1v) is 16.9. The van der Waals surface area contributed by atoms with Gasteiger partial charge in [-0.2, -0.15) is 0 Å². The number of urea groups is 1. The van der Waals surface area contributed by atoms with Crippen LogP contribution in [-0.2, 0) is 16.0 Å². The highest BCUT2D eigenvalue weighted by molar-refractivity contribution is 6.02. The number of likely N-dealkylation sites (N-methyl/N-ethyl adjacent to an activating group) is 1. The summed E-state index contributed by atoms with van der Waals surface area (Å²) in [6.45, 7) is 6.61. The molecule has 11 nitrogen and oxygen atoms in total. The topological polar surface area (TPSA) is 130 Å². The van der Waals surface area contributed by atoms with E-state index in [9.17, 15) is 19.5 Å². The number of fused-ring (bicyclic) bond motifs is 1. The first-order chi connectivity index (χ1) is 23.6. The fraction of sp³-hybridized carbons (Fsp3) is 0.447. The number of ether oxygens (including phenoxy) is 3. The minimum atomic E-state index is -0.527. The van der Waals surface area contributed by atoms with Crippen LogP contribution in [-0.4, -0.2) is 91.5 Å². The molecule has 0 aromatic heterocycles. The van der Waals surface area contributed by atoms with E-state index in [0.29, 0.717) is 36.0 Å². The first-order valence-electron chi connectivity index (χ1n) is 16.9. The normalized spacial score (nSPS) is 19.4. The van der Waals surface area contributed by atoms with Crippen LogP contribution in [0.2, 0.25) is 0 Å². The molecule has 4 rings (SSSR count). The summed E-state index contributed by atoms with van der Waals surface area (Å²) in [4.78, 5) is 43.7. The standard InChI is InChI=1S/C38H50N4O7/c1-26-23-42(27(2)25-43)37(45)33-22-31(40-38(46)39-30-14-17-32(47-5)18-15-30)16-19-34(33)49-28(3)11-9-10-20-48-35(26)24-41(4)36(44)21-29-12-7-6-8-13-29/h6-8,12-19,22,26-28,35,43H,9-11,20-21,23-25H2,1-5H3,(H2,39,40,46)/t26-,27+,28+,35-/m0/s1. The smallest absolute Gasteiger partial charge is 0.323 e. The second kappa shape index (κ2) is 18.2. The Kier molecular flexibility index (Phi) is 13.8. The molecule has 3 aromatic carbocycles. The Balaban J connectivity index is 1.57. The van der Waals surface area contributed by atoms with E-state index in [-0.39, 0.29) is 55.1 Å². The lowest BCUT2D eigenvalue weighted by Crippen LogP contribution is -2.48. The second-order valence-electron chi connectivity index (χ2n) is 12.8. The van der Waals surface area contributed by atoms with Crippen LogP contribution in [0.3, 0.4) is 0 Å². The highest BCUT2D eigenvalue weighted by Crippen LogP contribution is 2.29. The van der Waals surface area contributed by atoms with E-state index in [1.165, 1.54) is 0 Å². The van der Waals surface area contributed by atoms with E-state index in [4.69, 9.17) is 14.2 Å². The largest absolute Gasteiger partial charge is 0.497 e. The number of benzene rings is 3. The van der Waals surface area contributed by atoms with Crippen molar-refractivity contribution in [2.45, 2.75) is 64.7 Å². The molecule has 0 fully saturated rings. The van der Waals surface area contributed by atoms with Gasteiger partial charge in [0.15, 0.2) is 0 Å². The van der Waals surface area contributed by atoms with E-state index >= 15 is 0 Å². The van der Waals surface area contributed by atoms with E-state index in [0.717, 1.165) is 24.8 Å². The number of carbonyl (C=O) groups excluding carboxylic acids is 3.